The molecule has 0 atom stereocenters. The molecule has 80 valence electrons. The van der Waals surface area contributed by atoms with Crippen molar-refractivity contribution < 1.29 is 9.53 Å². The van der Waals surface area contributed by atoms with E-state index < -0.39 is 5.91 Å². The van der Waals surface area contributed by atoms with Crippen LogP contribution in [0.2, 0.25) is 0 Å². The van der Waals surface area contributed by atoms with E-state index in [-0.39, 0.29) is 0 Å². The van der Waals surface area contributed by atoms with Gasteiger partial charge in [0.1, 0.15) is 5.75 Å². The van der Waals surface area contributed by atoms with E-state index in [0.717, 1.165) is 12.4 Å². The van der Waals surface area contributed by atoms with Crippen LogP contribution in [0.3, 0.4) is 0 Å². The number of benzene rings is 1. The van der Waals surface area contributed by atoms with Gasteiger partial charge in [0.2, 0.25) is 5.91 Å². The summed E-state index contributed by atoms with van der Waals surface area (Å²) in [6.07, 6.45) is 3.83. The predicted octanol–water partition coefficient (Wildman–Crippen LogP) is 1.96. The molecular weight excluding hydrogens is 190 g/mol. The van der Waals surface area contributed by atoms with Gasteiger partial charge < -0.3 is 10.5 Å². The Kier molecular flexibility index (Phi) is 2.90. The van der Waals surface area contributed by atoms with E-state index in [9.17, 15) is 4.79 Å². The highest BCUT2D eigenvalue weighted by molar-refractivity contribution is 5.93. The Hall–Kier alpha value is -1.51. The van der Waals surface area contributed by atoms with Crippen LogP contribution in [0.5, 0.6) is 5.75 Å². The summed E-state index contributed by atoms with van der Waals surface area (Å²) in [5, 5.41) is 0. The summed E-state index contributed by atoms with van der Waals surface area (Å²) in [7, 11) is 0. The molecule has 0 unspecified atom stereocenters. The summed E-state index contributed by atoms with van der Waals surface area (Å²) in [5.41, 5.74) is 5.68. The van der Waals surface area contributed by atoms with Crippen LogP contribution in [0.25, 0.3) is 0 Å². The Balaban J connectivity index is 1.94. The molecule has 1 aliphatic carbocycles. The lowest BCUT2D eigenvalue weighted by atomic mass is 9.86. The second-order valence-electron chi connectivity index (χ2n) is 4.00. The van der Waals surface area contributed by atoms with Crippen LogP contribution >= 0.6 is 0 Å². The number of primary amides is 1. The van der Waals surface area contributed by atoms with Crippen molar-refractivity contribution in [1.82, 2.24) is 0 Å². The lowest BCUT2D eigenvalue weighted by Gasteiger charge is -2.25. The van der Waals surface area contributed by atoms with Crippen molar-refractivity contribution in [2.45, 2.75) is 19.3 Å². The smallest absolute Gasteiger partial charge is 0.248 e. The summed E-state index contributed by atoms with van der Waals surface area (Å²) < 4.78 is 5.59. The average molecular weight is 205 g/mol. The SMILES string of the molecule is NC(=O)c1cccc(OCC2CCC2)c1. The van der Waals surface area contributed by atoms with E-state index in [4.69, 9.17) is 10.5 Å². The fourth-order valence-corrected chi connectivity index (χ4v) is 1.61. The maximum atomic E-state index is 10.9. The van der Waals surface area contributed by atoms with Crippen molar-refractivity contribution in [2.24, 2.45) is 11.7 Å². The third kappa shape index (κ3) is 2.49. The second-order valence-corrected chi connectivity index (χ2v) is 4.00. The third-order valence-corrected chi connectivity index (χ3v) is 2.83. The minimum absolute atomic E-state index is 0.413. The van der Waals surface area contributed by atoms with Gasteiger partial charge in [0.25, 0.3) is 0 Å². The Bertz CT molecular complexity index is 358. The quantitative estimate of drug-likeness (QED) is 0.817. The van der Waals surface area contributed by atoms with Crippen LogP contribution in [0.4, 0.5) is 0 Å². The molecule has 15 heavy (non-hydrogen) atoms. The minimum atomic E-state index is -0.413. The fraction of sp³-hybridized carbons (Fsp3) is 0.417. The molecule has 3 nitrogen and oxygen atoms in total. The molecule has 1 saturated carbocycles. The van der Waals surface area contributed by atoms with Crippen molar-refractivity contribution in [3.63, 3.8) is 0 Å². The molecule has 0 saturated heterocycles. The van der Waals surface area contributed by atoms with Gasteiger partial charge in [-0.3, -0.25) is 4.79 Å². The zero-order valence-electron chi connectivity index (χ0n) is 8.61. The van der Waals surface area contributed by atoms with Gasteiger partial charge in [0.05, 0.1) is 6.61 Å². The van der Waals surface area contributed by atoms with Gasteiger partial charge in [-0.05, 0) is 37.0 Å². The number of hydrogen-bond donors (Lipinski definition) is 1. The van der Waals surface area contributed by atoms with Gasteiger partial charge >= 0.3 is 0 Å². The Labute approximate surface area is 89.2 Å². The lowest BCUT2D eigenvalue weighted by molar-refractivity contribution is 0.0999. The summed E-state index contributed by atoms with van der Waals surface area (Å²) in [6, 6.07) is 7.03. The molecule has 0 aromatic heterocycles. The topological polar surface area (TPSA) is 52.3 Å². The molecule has 0 heterocycles. The molecule has 1 aliphatic rings. The van der Waals surface area contributed by atoms with Crippen molar-refractivity contribution in [1.29, 1.82) is 0 Å². The van der Waals surface area contributed by atoms with Crippen molar-refractivity contribution in [3.8, 4) is 5.75 Å². The van der Waals surface area contributed by atoms with Crippen LogP contribution in [-0.2, 0) is 0 Å². The molecule has 1 aromatic carbocycles. The number of amides is 1. The first kappa shape index (κ1) is 10.0. The van der Waals surface area contributed by atoms with Gasteiger partial charge in [0.15, 0.2) is 0 Å². The van der Waals surface area contributed by atoms with E-state index in [2.05, 4.69) is 0 Å². The monoisotopic (exact) mass is 205 g/mol. The molecule has 1 aromatic rings. The summed E-state index contributed by atoms with van der Waals surface area (Å²) >= 11 is 0. The average Bonchev–Trinajstić information content (AvgIpc) is 2.16. The van der Waals surface area contributed by atoms with Crippen molar-refractivity contribution >= 4 is 5.91 Å². The van der Waals surface area contributed by atoms with Crippen LogP contribution in [0, 0.1) is 5.92 Å². The maximum absolute atomic E-state index is 10.9. The van der Waals surface area contributed by atoms with E-state index in [1.165, 1.54) is 19.3 Å². The van der Waals surface area contributed by atoms with Gasteiger partial charge in [-0.1, -0.05) is 12.5 Å². The molecule has 0 radical (unpaired) electrons. The highest BCUT2D eigenvalue weighted by Crippen LogP contribution is 2.27. The third-order valence-electron chi connectivity index (χ3n) is 2.83. The van der Waals surface area contributed by atoms with Gasteiger partial charge in [-0.2, -0.15) is 0 Å². The number of ether oxygens (including phenoxy) is 1. The Morgan fingerprint density at radius 3 is 2.87 bits per heavy atom. The number of carbonyl (C=O) groups excluding carboxylic acids is 1. The highest BCUT2D eigenvalue weighted by Gasteiger charge is 2.17. The summed E-state index contributed by atoms with van der Waals surface area (Å²) in [6.45, 7) is 0.752. The molecular formula is C12H15NO2. The lowest BCUT2D eigenvalue weighted by Crippen LogP contribution is -2.19. The molecule has 3 heteroatoms. The fourth-order valence-electron chi connectivity index (χ4n) is 1.61. The number of hydrogen-bond acceptors (Lipinski definition) is 2. The van der Waals surface area contributed by atoms with Crippen molar-refractivity contribution in [3.05, 3.63) is 29.8 Å². The molecule has 2 rings (SSSR count). The Morgan fingerprint density at radius 1 is 1.47 bits per heavy atom. The largest absolute Gasteiger partial charge is 0.493 e. The van der Waals surface area contributed by atoms with Gasteiger partial charge in [0, 0.05) is 5.56 Å². The van der Waals surface area contributed by atoms with E-state index in [0.29, 0.717) is 11.5 Å². The van der Waals surface area contributed by atoms with Crippen LogP contribution in [0.1, 0.15) is 29.6 Å². The van der Waals surface area contributed by atoms with Crippen LogP contribution < -0.4 is 10.5 Å². The second kappa shape index (κ2) is 4.34. The number of carbonyl (C=O) groups is 1. The molecule has 0 bridgehead atoms. The summed E-state index contributed by atoms with van der Waals surface area (Å²) in [4.78, 5) is 10.9. The number of nitrogens with two attached hydrogens (primary N) is 1. The zero-order valence-corrected chi connectivity index (χ0v) is 8.61. The van der Waals surface area contributed by atoms with E-state index in [1.807, 2.05) is 6.07 Å². The molecule has 0 aliphatic heterocycles. The first-order chi connectivity index (χ1) is 7.25. The highest BCUT2D eigenvalue weighted by atomic mass is 16.5. The molecule has 1 fully saturated rings. The normalized spacial score (nSPS) is 15.7. The first-order valence-electron chi connectivity index (χ1n) is 5.28. The zero-order chi connectivity index (χ0) is 10.7. The van der Waals surface area contributed by atoms with Gasteiger partial charge in [-0.15, -0.1) is 0 Å². The standard InChI is InChI=1S/C12H15NO2/c13-12(14)10-5-2-6-11(7-10)15-8-9-3-1-4-9/h2,5-7,9H,1,3-4,8H2,(H2,13,14). The van der Waals surface area contributed by atoms with E-state index >= 15 is 0 Å². The predicted molar refractivity (Wildman–Crippen MR) is 57.8 cm³/mol. The van der Waals surface area contributed by atoms with Crippen LogP contribution in [0.15, 0.2) is 24.3 Å². The first-order valence-corrected chi connectivity index (χ1v) is 5.28. The summed E-state index contributed by atoms with van der Waals surface area (Å²) in [5.74, 6) is 1.02. The Morgan fingerprint density at radius 2 is 2.27 bits per heavy atom. The van der Waals surface area contributed by atoms with Crippen molar-refractivity contribution in [2.75, 3.05) is 6.61 Å². The molecule has 2 N–H and O–H groups in total. The number of rotatable bonds is 4. The minimum Gasteiger partial charge on any atom is -0.493 e. The maximum Gasteiger partial charge on any atom is 0.248 e. The molecule has 1 amide bonds. The van der Waals surface area contributed by atoms with E-state index in [1.54, 1.807) is 18.2 Å². The van der Waals surface area contributed by atoms with Gasteiger partial charge in [-0.25, -0.2) is 0 Å². The van der Waals surface area contributed by atoms with Crippen LogP contribution in [-0.4, -0.2) is 12.5 Å². The molecule has 0 spiro atoms.